The van der Waals surface area contributed by atoms with E-state index in [-0.39, 0.29) is 5.91 Å². The van der Waals surface area contributed by atoms with Crippen LogP contribution in [0.3, 0.4) is 0 Å². The molecule has 0 atom stereocenters. The lowest BCUT2D eigenvalue weighted by Crippen LogP contribution is -2.26. The summed E-state index contributed by atoms with van der Waals surface area (Å²) in [5, 5.41) is 15.2. The SMILES string of the molecule is CO/N=C/c1ccc(C(=O)NCCc2nnc3n2CCCCC3)cc1. The fourth-order valence-corrected chi connectivity index (χ4v) is 2.95. The van der Waals surface area contributed by atoms with Crippen molar-refractivity contribution in [3.8, 4) is 0 Å². The molecule has 0 spiro atoms. The van der Waals surface area contributed by atoms with E-state index in [1.165, 1.54) is 26.4 Å². The molecule has 1 aromatic heterocycles. The van der Waals surface area contributed by atoms with E-state index in [9.17, 15) is 4.79 Å². The van der Waals surface area contributed by atoms with Crippen molar-refractivity contribution in [3.63, 3.8) is 0 Å². The van der Waals surface area contributed by atoms with E-state index in [2.05, 4.69) is 30.1 Å². The first-order valence-corrected chi connectivity index (χ1v) is 8.63. The highest BCUT2D eigenvalue weighted by atomic mass is 16.6. The number of aryl methyl sites for hydroxylation is 1. The third kappa shape index (κ3) is 4.43. The highest BCUT2D eigenvalue weighted by Crippen LogP contribution is 2.14. The first-order chi connectivity index (χ1) is 12.3. The molecule has 1 aromatic carbocycles. The summed E-state index contributed by atoms with van der Waals surface area (Å²) >= 11 is 0. The average Bonchev–Trinajstić information content (AvgIpc) is 2.87. The number of carbonyl (C=O) groups excluding carboxylic acids is 1. The maximum atomic E-state index is 12.2. The third-order valence-electron chi connectivity index (χ3n) is 4.30. The Morgan fingerprint density at radius 1 is 1.28 bits per heavy atom. The van der Waals surface area contributed by atoms with Crippen molar-refractivity contribution >= 4 is 12.1 Å². The Morgan fingerprint density at radius 3 is 2.92 bits per heavy atom. The van der Waals surface area contributed by atoms with Crippen LogP contribution in [0.4, 0.5) is 0 Å². The molecule has 0 saturated heterocycles. The molecule has 132 valence electrons. The fraction of sp³-hybridized carbons (Fsp3) is 0.444. The van der Waals surface area contributed by atoms with Crippen LogP contribution in [-0.2, 0) is 24.2 Å². The van der Waals surface area contributed by atoms with Gasteiger partial charge in [-0.2, -0.15) is 0 Å². The molecule has 0 aliphatic carbocycles. The van der Waals surface area contributed by atoms with Gasteiger partial charge >= 0.3 is 0 Å². The van der Waals surface area contributed by atoms with Crippen LogP contribution < -0.4 is 5.32 Å². The number of fused-ring (bicyclic) bond motifs is 1. The van der Waals surface area contributed by atoms with Crippen LogP contribution in [0.25, 0.3) is 0 Å². The minimum atomic E-state index is -0.0918. The topological polar surface area (TPSA) is 81.4 Å². The zero-order valence-electron chi connectivity index (χ0n) is 14.4. The van der Waals surface area contributed by atoms with Crippen LogP contribution in [0.5, 0.6) is 0 Å². The van der Waals surface area contributed by atoms with Gasteiger partial charge in [0.25, 0.3) is 5.91 Å². The van der Waals surface area contributed by atoms with Gasteiger partial charge in [-0.25, -0.2) is 0 Å². The normalized spacial score (nSPS) is 14.1. The number of oxime groups is 1. The second-order valence-electron chi connectivity index (χ2n) is 6.04. The summed E-state index contributed by atoms with van der Waals surface area (Å²) in [6, 6.07) is 7.20. The molecule has 0 saturated carbocycles. The molecular formula is C18H23N5O2. The predicted molar refractivity (Wildman–Crippen MR) is 94.7 cm³/mol. The van der Waals surface area contributed by atoms with Crippen molar-refractivity contribution in [2.45, 2.75) is 38.6 Å². The molecule has 2 heterocycles. The predicted octanol–water partition coefficient (Wildman–Crippen LogP) is 1.96. The van der Waals surface area contributed by atoms with Crippen LogP contribution in [0, 0.1) is 0 Å². The Balaban J connectivity index is 1.53. The quantitative estimate of drug-likeness (QED) is 0.643. The molecule has 0 bridgehead atoms. The van der Waals surface area contributed by atoms with E-state index in [0.717, 1.165) is 30.2 Å². The van der Waals surface area contributed by atoms with E-state index in [1.54, 1.807) is 18.3 Å². The maximum Gasteiger partial charge on any atom is 0.251 e. The molecule has 0 unspecified atom stereocenters. The monoisotopic (exact) mass is 341 g/mol. The molecule has 7 nitrogen and oxygen atoms in total. The Hall–Kier alpha value is -2.70. The van der Waals surface area contributed by atoms with Crippen molar-refractivity contribution in [3.05, 3.63) is 47.0 Å². The Kier molecular flexibility index (Phi) is 5.77. The second-order valence-corrected chi connectivity index (χ2v) is 6.04. The fourth-order valence-electron chi connectivity index (χ4n) is 2.95. The Morgan fingerprint density at radius 2 is 2.12 bits per heavy atom. The molecule has 7 heteroatoms. The van der Waals surface area contributed by atoms with Crippen LogP contribution >= 0.6 is 0 Å². The Bertz CT molecular complexity index is 736. The molecule has 1 aliphatic rings. The molecule has 1 aliphatic heterocycles. The summed E-state index contributed by atoms with van der Waals surface area (Å²) in [4.78, 5) is 16.9. The number of carbonyl (C=O) groups is 1. The lowest BCUT2D eigenvalue weighted by molar-refractivity contribution is 0.0954. The minimum absolute atomic E-state index is 0.0918. The molecule has 2 aromatic rings. The van der Waals surface area contributed by atoms with E-state index < -0.39 is 0 Å². The van der Waals surface area contributed by atoms with Crippen molar-refractivity contribution in [1.82, 2.24) is 20.1 Å². The number of nitrogens with zero attached hydrogens (tertiary/aromatic N) is 4. The number of rotatable bonds is 6. The van der Waals surface area contributed by atoms with Gasteiger partial charge in [-0.1, -0.05) is 23.7 Å². The highest BCUT2D eigenvalue weighted by Gasteiger charge is 2.14. The van der Waals surface area contributed by atoms with E-state index in [4.69, 9.17) is 0 Å². The summed E-state index contributed by atoms with van der Waals surface area (Å²) in [5.41, 5.74) is 1.50. The standard InChI is InChI=1S/C18H23N5O2/c1-25-20-13-14-6-8-15(9-7-14)18(24)19-11-10-17-22-21-16-5-3-2-4-12-23(16)17/h6-9,13H,2-5,10-12H2,1H3,(H,19,24)/b20-13+. The van der Waals surface area contributed by atoms with Gasteiger partial charge in [0.05, 0.1) is 6.21 Å². The molecule has 1 N–H and O–H groups in total. The number of hydrogen-bond donors (Lipinski definition) is 1. The van der Waals surface area contributed by atoms with Crippen molar-refractivity contribution in [2.24, 2.45) is 5.16 Å². The zero-order valence-corrected chi connectivity index (χ0v) is 14.4. The van der Waals surface area contributed by atoms with Crippen LogP contribution in [0.2, 0.25) is 0 Å². The summed E-state index contributed by atoms with van der Waals surface area (Å²) < 4.78 is 2.21. The van der Waals surface area contributed by atoms with E-state index >= 15 is 0 Å². The molecule has 1 amide bonds. The first-order valence-electron chi connectivity index (χ1n) is 8.63. The van der Waals surface area contributed by atoms with Gasteiger partial charge in [0, 0.05) is 31.5 Å². The summed E-state index contributed by atoms with van der Waals surface area (Å²) in [6.07, 6.45) is 6.88. The van der Waals surface area contributed by atoms with Gasteiger partial charge < -0.3 is 14.7 Å². The van der Waals surface area contributed by atoms with Gasteiger partial charge in [0.1, 0.15) is 18.8 Å². The number of nitrogens with one attached hydrogen (secondary N) is 1. The summed E-state index contributed by atoms with van der Waals surface area (Å²) in [7, 11) is 1.49. The maximum absolute atomic E-state index is 12.2. The van der Waals surface area contributed by atoms with Crippen molar-refractivity contribution in [1.29, 1.82) is 0 Å². The highest BCUT2D eigenvalue weighted by molar-refractivity contribution is 5.95. The molecule has 3 rings (SSSR count). The van der Waals surface area contributed by atoms with Crippen LogP contribution in [-0.4, -0.2) is 40.5 Å². The largest absolute Gasteiger partial charge is 0.399 e. The van der Waals surface area contributed by atoms with Gasteiger partial charge in [-0.15, -0.1) is 10.2 Å². The summed E-state index contributed by atoms with van der Waals surface area (Å²) in [6.45, 7) is 1.53. The lowest BCUT2D eigenvalue weighted by Gasteiger charge is -2.08. The Labute approximate surface area is 147 Å². The third-order valence-corrected chi connectivity index (χ3v) is 4.30. The number of hydrogen-bond acceptors (Lipinski definition) is 5. The first kappa shape index (κ1) is 17.1. The average molecular weight is 341 g/mol. The van der Waals surface area contributed by atoms with Gasteiger partial charge in [0.2, 0.25) is 0 Å². The van der Waals surface area contributed by atoms with Crippen LogP contribution in [0.1, 0.15) is 46.8 Å². The summed E-state index contributed by atoms with van der Waals surface area (Å²) in [5.74, 6) is 1.95. The zero-order chi connectivity index (χ0) is 17.5. The van der Waals surface area contributed by atoms with Gasteiger partial charge in [0.15, 0.2) is 0 Å². The second kappa shape index (κ2) is 8.41. The molecular weight excluding hydrogens is 318 g/mol. The molecule has 25 heavy (non-hydrogen) atoms. The number of benzene rings is 1. The van der Waals surface area contributed by atoms with Crippen LogP contribution in [0.15, 0.2) is 29.4 Å². The lowest BCUT2D eigenvalue weighted by atomic mass is 10.1. The van der Waals surface area contributed by atoms with Gasteiger partial charge in [-0.3, -0.25) is 4.79 Å². The molecule has 0 radical (unpaired) electrons. The van der Waals surface area contributed by atoms with E-state index in [1.807, 2.05) is 12.1 Å². The number of amides is 1. The van der Waals surface area contributed by atoms with Crippen molar-refractivity contribution in [2.75, 3.05) is 13.7 Å². The van der Waals surface area contributed by atoms with E-state index in [0.29, 0.717) is 18.5 Å². The smallest absolute Gasteiger partial charge is 0.251 e. The van der Waals surface area contributed by atoms with Gasteiger partial charge in [-0.05, 0) is 30.5 Å². The number of aromatic nitrogens is 3. The minimum Gasteiger partial charge on any atom is -0.399 e. The van der Waals surface area contributed by atoms with Crippen molar-refractivity contribution < 1.29 is 9.63 Å². The molecule has 0 fully saturated rings.